The lowest BCUT2D eigenvalue weighted by Crippen LogP contribution is -2.32. The lowest BCUT2D eigenvalue weighted by molar-refractivity contribution is -0.120. The van der Waals surface area contributed by atoms with Crippen molar-refractivity contribution >= 4 is 28.1 Å². The number of nitrogens with one attached hydrogen (secondary N) is 2. The maximum Gasteiger partial charge on any atom is 0.224 e. The number of H-pyrrole nitrogens is 1. The molecule has 4 aromatic heterocycles. The zero-order valence-corrected chi connectivity index (χ0v) is 19.4. The van der Waals surface area contributed by atoms with Gasteiger partial charge in [-0.3, -0.25) is 9.20 Å². The van der Waals surface area contributed by atoms with Crippen molar-refractivity contribution in [3.05, 3.63) is 72.7 Å². The van der Waals surface area contributed by atoms with Crippen molar-refractivity contribution in [3.8, 4) is 11.4 Å². The van der Waals surface area contributed by atoms with Crippen LogP contribution >= 0.6 is 0 Å². The van der Waals surface area contributed by atoms with Crippen LogP contribution in [0.15, 0.2) is 65.7 Å². The Hall–Kier alpha value is -4.07. The number of aromatic amines is 1. The fraction of sp³-hybridized carbons (Fsp3) is 0.296. The van der Waals surface area contributed by atoms with Crippen LogP contribution in [-0.4, -0.2) is 31.8 Å². The summed E-state index contributed by atoms with van der Waals surface area (Å²) in [6, 6.07) is 12.2. The Bertz CT molecular complexity index is 1440. The zero-order chi connectivity index (χ0) is 23.8. The SMILES string of the molecule is Nc1nccn2c(C3CCC(CNC(=O)Cc4ccoc4)CC3)nc(-c3cc4ccccc4[nH]3)c12. The van der Waals surface area contributed by atoms with Gasteiger partial charge in [-0.15, -0.1) is 0 Å². The van der Waals surface area contributed by atoms with Gasteiger partial charge in [-0.25, -0.2) is 9.97 Å². The number of benzene rings is 1. The van der Waals surface area contributed by atoms with Crippen molar-refractivity contribution in [2.45, 2.75) is 38.0 Å². The molecule has 4 heterocycles. The number of nitrogens with zero attached hydrogens (tertiary/aromatic N) is 3. The third-order valence-corrected chi connectivity index (χ3v) is 7.14. The van der Waals surface area contributed by atoms with Crippen LogP contribution in [0.1, 0.15) is 43.0 Å². The van der Waals surface area contributed by atoms with Crippen LogP contribution in [0.4, 0.5) is 5.82 Å². The highest BCUT2D eigenvalue weighted by Gasteiger charge is 2.28. The second-order valence-corrected chi connectivity index (χ2v) is 9.45. The summed E-state index contributed by atoms with van der Waals surface area (Å²) in [5.41, 5.74) is 11.0. The van der Waals surface area contributed by atoms with Gasteiger partial charge in [-0.05, 0) is 55.4 Å². The van der Waals surface area contributed by atoms with E-state index in [0.29, 0.717) is 30.6 Å². The minimum atomic E-state index is 0.0405. The molecule has 5 aromatic rings. The number of anilines is 1. The van der Waals surface area contributed by atoms with Crippen LogP contribution in [0.5, 0.6) is 0 Å². The van der Waals surface area contributed by atoms with E-state index in [1.54, 1.807) is 18.7 Å². The fourth-order valence-corrected chi connectivity index (χ4v) is 5.29. The molecule has 4 N–H and O–H groups in total. The maximum absolute atomic E-state index is 12.2. The van der Waals surface area contributed by atoms with Crippen molar-refractivity contribution in [2.24, 2.45) is 5.92 Å². The van der Waals surface area contributed by atoms with Gasteiger partial charge in [0.15, 0.2) is 0 Å². The van der Waals surface area contributed by atoms with Crippen molar-refractivity contribution < 1.29 is 9.21 Å². The van der Waals surface area contributed by atoms with E-state index in [2.05, 4.69) is 37.9 Å². The van der Waals surface area contributed by atoms with Crippen molar-refractivity contribution in [3.63, 3.8) is 0 Å². The third kappa shape index (κ3) is 4.16. The molecule has 1 amide bonds. The van der Waals surface area contributed by atoms with Gasteiger partial charge in [-0.2, -0.15) is 0 Å². The molecule has 0 radical (unpaired) electrons. The van der Waals surface area contributed by atoms with E-state index in [0.717, 1.165) is 64.9 Å². The van der Waals surface area contributed by atoms with E-state index in [9.17, 15) is 4.79 Å². The Kier molecular flexibility index (Phi) is 5.48. The highest BCUT2D eigenvalue weighted by molar-refractivity contribution is 5.91. The molecule has 35 heavy (non-hydrogen) atoms. The van der Waals surface area contributed by atoms with E-state index in [1.165, 1.54) is 0 Å². The molecule has 0 bridgehead atoms. The van der Waals surface area contributed by atoms with Gasteiger partial charge in [0.05, 0.1) is 24.6 Å². The predicted octanol–water partition coefficient (Wildman–Crippen LogP) is 4.69. The second kappa shape index (κ2) is 8.94. The molecular formula is C27H28N6O2. The Balaban J connectivity index is 1.19. The molecule has 1 aliphatic carbocycles. The summed E-state index contributed by atoms with van der Waals surface area (Å²) < 4.78 is 7.16. The van der Waals surface area contributed by atoms with Crippen LogP contribution in [0, 0.1) is 5.92 Å². The van der Waals surface area contributed by atoms with Gasteiger partial charge in [0, 0.05) is 35.8 Å². The monoisotopic (exact) mass is 468 g/mol. The third-order valence-electron chi connectivity index (χ3n) is 7.14. The number of para-hydroxylation sites is 1. The van der Waals surface area contributed by atoms with Gasteiger partial charge in [0.2, 0.25) is 5.91 Å². The average Bonchev–Trinajstić information content (AvgIpc) is 3.62. The number of rotatable bonds is 6. The molecule has 8 heteroatoms. The summed E-state index contributed by atoms with van der Waals surface area (Å²) in [4.78, 5) is 25.2. The molecule has 178 valence electrons. The van der Waals surface area contributed by atoms with E-state index >= 15 is 0 Å². The number of fused-ring (bicyclic) bond motifs is 2. The summed E-state index contributed by atoms with van der Waals surface area (Å²) >= 11 is 0. The molecule has 0 atom stereocenters. The summed E-state index contributed by atoms with van der Waals surface area (Å²) in [5, 5.41) is 4.23. The summed E-state index contributed by atoms with van der Waals surface area (Å²) in [5.74, 6) is 2.36. The number of hydrogen-bond donors (Lipinski definition) is 3. The summed E-state index contributed by atoms with van der Waals surface area (Å²) in [7, 11) is 0. The number of furan rings is 1. The Morgan fingerprint density at radius 2 is 2.06 bits per heavy atom. The number of aromatic nitrogens is 4. The van der Waals surface area contributed by atoms with Crippen LogP contribution in [0.3, 0.4) is 0 Å². The molecule has 6 rings (SSSR count). The molecule has 0 saturated heterocycles. The van der Waals surface area contributed by atoms with Gasteiger partial charge >= 0.3 is 0 Å². The number of carbonyl (C=O) groups is 1. The molecule has 1 fully saturated rings. The highest BCUT2D eigenvalue weighted by Crippen LogP contribution is 2.38. The van der Waals surface area contributed by atoms with E-state index in [-0.39, 0.29) is 5.91 Å². The second-order valence-electron chi connectivity index (χ2n) is 9.45. The molecule has 0 aliphatic heterocycles. The average molecular weight is 469 g/mol. The number of nitrogens with two attached hydrogens (primary N) is 1. The van der Waals surface area contributed by atoms with Gasteiger partial charge in [0.1, 0.15) is 22.9 Å². The van der Waals surface area contributed by atoms with Crippen LogP contribution in [0.25, 0.3) is 27.8 Å². The molecule has 0 spiro atoms. The van der Waals surface area contributed by atoms with Gasteiger partial charge < -0.3 is 20.5 Å². The smallest absolute Gasteiger partial charge is 0.224 e. The summed E-state index contributed by atoms with van der Waals surface area (Å²) in [6.07, 6.45) is 11.4. The number of hydrogen-bond acceptors (Lipinski definition) is 5. The standard InChI is InChI=1S/C27H28N6O2/c28-26-25-24(22-14-20-3-1-2-4-21(20)31-22)32-27(33(25)11-10-29-26)19-7-5-17(6-8-19)15-30-23(34)13-18-9-12-35-16-18/h1-4,9-12,14,16-17,19,31H,5-8,13,15H2,(H2,28,29)(H,30,34). The fourth-order valence-electron chi connectivity index (χ4n) is 5.29. The highest BCUT2D eigenvalue weighted by atomic mass is 16.3. The van der Waals surface area contributed by atoms with Gasteiger partial charge in [-0.1, -0.05) is 18.2 Å². The Morgan fingerprint density at radius 1 is 1.20 bits per heavy atom. The lowest BCUT2D eigenvalue weighted by atomic mass is 9.81. The van der Waals surface area contributed by atoms with E-state index in [1.807, 2.05) is 24.4 Å². The van der Waals surface area contributed by atoms with Crippen molar-refractivity contribution in [1.82, 2.24) is 24.7 Å². The first-order valence-electron chi connectivity index (χ1n) is 12.1. The lowest BCUT2D eigenvalue weighted by Gasteiger charge is -2.28. The molecule has 8 nitrogen and oxygen atoms in total. The minimum Gasteiger partial charge on any atom is -0.472 e. The minimum absolute atomic E-state index is 0.0405. The maximum atomic E-state index is 12.2. The van der Waals surface area contributed by atoms with Gasteiger partial charge in [0.25, 0.3) is 0 Å². The number of carbonyl (C=O) groups excluding carboxylic acids is 1. The first-order chi connectivity index (χ1) is 17.2. The quantitative estimate of drug-likeness (QED) is 0.335. The largest absolute Gasteiger partial charge is 0.472 e. The van der Waals surface area contributed by atoms with E-state index in [4.69, 9.17) is 15.1 Å². The normalized spacial score (nSPS) is 18.3. The molecule has 1 saturated carbocycles. The molecular weight excluding hydrogens is 440 g/mol. The van der Waals surface area contributed by atoms with Crippen molar-refractivity contribution in [1.29, 1.82) is 0 Å². The van der Waals surface area contributed by atoms with Crippen LogP contribution in [0.2, 0.25) is 0 Å². The first kappa shape index (κ1) is 21.5. The Morgan fingerprint density at radius 3 is 2.86 bits per heavy atom. The zero-order valence-electron chi connectivity index (χ0n) is 19.4. The van der Waals surface area contributed by atoms with E-state index < -0.39 is 0 Å². The van der Waals surface area contributed by atoms with Crippen LogP contribution in [-0.2, 0) is 11.2 Å². The molecule has 1 aliphatic rings. The number of nitrogen functional groups attached to an aromatic ring is 1. The van der Waals surface area contributed by atoms with Crippen LogP contribution < -0.4 is 11.1 Å². The van der Waals surface area contributed by atoms with Crippen molar-refractivity contribution in [2.75, 3.05) is 12.3 Å². The topological polar surface area (TPSA) is 114 Å². The summed E-state index contributed by atoms with van der Waals surface area (Å²) in [6.45, 7) is 0.711. The number of amides is 1. The molecule has 0 unspecified atom stereocenters. The predicted molar refractivity (Wildman–Crippen MR) is 135 cm³/mol. The first-order valence-corrected chi connectivity index (χ1v) is 12.1. The Labute approximate surface area is 202 Å². The molecule has 1 aromatic carbocycles. The number of imidazole rings is 1.